The molecule has 0 fully saturated rings. The molecule has 1 heterocycles. The molecule has 0 atom stereocenters. The summed E-state index contributed by atoms with van der Waals surface area (Å²) in [5, 5.41) is 0. The summed E-state index contributed by atoms with van der Waals surface area (Å²) in [6, 6.07) is 0. The number of allylic oxidation sites excluding steroid dienone is 2. The first kappa shape index (κ1) is 25.2. The van der Waals surface area contributed by atoms with Gasteiger partial charge in [0.05, 0.1) is 5.54 Å². The molecule has 0 bridgehead atoms. The van der Waals surface area contributed by atoms with Crippen LogP contribution in [-0.2, 0) is 9.47 Å². The van der Waals surface area contributed by atoms with Gasteiger partial charge >= 0.3 is 0 Å². The molecule has 164 valence electrons. The predicted octanol–water partition coefficient (Wildman–Crippen LogP) is 7.64. The van der Waals surface area contributed by atoms with Gasteiger partial charge in [-0.05, 0) is 59.3 Å². The number of rotatable bonds is 19. The largest absolute Gasteiger partial charge is 0.478 e. The summed E-state index contributed by atoms with van der Waals surface area (Å²) in [4.78, 5) is 4.62. The van der Waals surface area contributed by atoms with E-state index in [0.29, 0.717) is 0 Å². The Balaban J connectivity index is 1.75. The summed E-state index contributed by atoms with van der Waals surface area (Å²) >= 11 is 0. The topological polar surface area (TPSA) is 30.8 Å². The minimum absolute atomic E-state index is 0.00535. The van der Waals surface area contributed by atoms with Crippen LogP contribution in [0.25, 0.3) is 0 Å². The summed E-state index contributed by atoms with van der Waals surface area (Å²) in [5.74, 6) is 0.981. The van der Waals surface area contributed by atoms with Crippen LogP contribution in [0.3, 0.4) is 0 Å². The van der Waals surface area contributed by atoms with Gasteiger partial charge in [-0.3, -0.25) is 0 Å². The van der Waals surface area contributed by atoms with Crippen molar-refractivity contribution in [1.29, 1.82) is 0 Å². The fourth-order valence-corrected chi connectivity index (χ4v) is 3.59. The Kier molecular flexibility index (Phi) is 15.4. The minimum atomic E-state index is 0.00535. The zero-order valence-electron chi connectivity index (χ0n) is 19.1. The Morgan fingerprint density at radius 3 is 1.89 bits per heavy atom. The monoisotopic (exact) mass is 393 g/mol. The molecule has 0 aromatic heterocycles. The van der Waals surface area contributed by atoms with E-state index in [2.05, 4.69) is 37.9 Å². The van der Waals surface area contributed by atoms with Crippen LogP contribution >= 0.6 is 0 Å². The number of ether oxygens (including phenoxy) is 2. The Labute approximate surface area is 175 Å². The normalized spacial score (nSPS) is 15.9. The molecule has 0 aromatic rings. The maximum atomic E-state index is 5.64. The van der Waals surface area contributed by atoms with Crippen LogP contribution in [0.15, 0.2) is 17.1 Å². The highest BCUT2D eigenvalue weighted by Gasteiger charge is 2.25. The smallest absolute Gasteiger partial charge is 0.183 e. The number of hydrogen-bond acceptors (Lipinski definition) is 3. The molecule has 0 amide bonds. The summed E-state index contributed by atoms with van der Waals surface area (Å²) < 4.78 is 11.0. The first-order chi connectivity index (χ1) is 13.6. The fraction of sp³-hybridized carbons (Fsp3) is 0.880. The molecule has 1 aliphatic heterocycles. The molecule has 0 spiro atoms. The van der Waals surface area contributed by atoms with Crippen LogP contribution in [0.1, 0.15) is 117 Å². The molecule has 0 saturated carbocycles. The lowest BCUT2D eigenvalue weighted by Gasteiger charge is -2.07. The van der Waals surface area contributed by atoms with E-state index in [1.54, 1.807) is 0 Å². The van der Waals surface area contributed by atoms with Crippen LogP contribution in [0, 0.1) is 0 Å². The van der Waals surface area contributed by atoms with Gasteiger partial charge in [0.1, 0.15) is 6.61 Å². The van der Waals surface area contributed by atoms with Gasteiger partial charge in [0.25, 0.3) is 0 Å². The van der Waals surface area contributed by atoms with Crippen molar-refractivity contribution in [3.63, 3.8) is 0 Å². The van der Waals surface area contributed by atoms with E-state index in [1.807, 2.05) is 0 Å². The molecule has 0 N–H and O–H groups in total. The van der Waals surface area contributed by atoms with Crippen molar-refractivity contribution in [2.75, 3.05) is 19.8 Å². The van der Waals surface area contributed by atoms with Crippen LogP contribution in [0.4, 0.5) is 0 Å². The van der Waals surface area contributed by atoms with Gasteiger partial charge in [-0.15, -0.1) is 0 Å². The van der Waals surface area contributed by atoms with Crippen LogP contribution < -0.4 is 0 Å². The molecule has 1 aliphatic rings. The maximum absolute atomic E-state index is 5.64. The van der Waals surface area contributed by atoms with E-state index in [0.717, 1.165) is 32.1 Å². The van der Waals surface area contributed by atoms with Crippen molar-refractivity contribution in [3.8, 4) is 0 Å². The standard InChI is InChI=1S/C25H47NO2/c1-4-27-22-20-18-16-14-12-10-8-6-5-7-9-11-13-15-17-19-21-24-26-25(2,3)23-28-24/h5,7H,4,6,8-23H2,1-3H3/b7-5-. The van der Waals surface area contributed by atoms with Gasteiger partial charge in [0.2, 0.25) is 0 Å². The average Bonchev–Trinajstić information content (AvgIpc) is 3.02. The lowest BCUT2D eigenvalue weighted by atomic mass is 10.1. The Morgan fingerprint density at radius 2 is 1.36 bits per heavy atom. The molecule has 1 rings (SSSR count). The van der Waals surface area contributed by atoms with Crippen molar-refractivity contribution < 1.29 is 9.47 Å². The van der Waals surface area contributed by atoms with Gasteiger partial charge in [0, 0.05) is 19.6 Å². The summed E-state index contributed by atoms with van der Waals surface area (Å²) in [7, 11) is 0. The van der Waals surface area contributed by atoms with E-state index in [9.17, 15) is 0 Å². The Morgan fingerprint density at radius 1 is 0.821 bits per heavy atom. The summed E-state index contributed by atoms with van der Waals surface area (Å²) in [5.41, 5.74) is 0.00535. The second-order valence-electron chi connectivity index (χ2n) is 8.84. The van der Waals surface area contributed by atoms with E-state index in [1.165, 1.54) is 89.9 Å². The predicted molar refractivity (Wildman–Crippen MR) is 122 cm³/mol. The van der Waals surface area contributed by atoms with Crippen LogP contribution in [0.2, 0.25) is 0 Å². The quantitative estimate of drug-likeness (QED) is 0.167. The number of nitrogens with zero attached hydrogens (tertiary/aromatic N) is 1. The van der Waals surface area contributed by atoms with E-state index >= 15 is 0 Å². The summed E-state index contributed by atoms with van der Waals surface area (Å²) in [6.45, 7) is 8.91. The van der Waals surface area contributed by atoms with Gasteiger partial charge in [0.15, 0.2) is 5.90 Å². The van der Waals surface area contributed by atoms with Crippen LogP contribution in [-0.4, -0.2) is 31.3 Å². The minimum Gasteiger partial charge on any atom is -0.478 e. The van der Waals surface area contributed by atoms with E-state index in [-0.39, 0.29) is 5.54 Å². The number of aliphatic imine (C=N–C) groups is 1. The third kappa shape index (κ3) is 15.1. The Bertz CT molecular complexity index is 415. The number of unbranched alkanes of at least 4 members (excludes halogenated alkanes) is 12. The molecule has 3 heteroatoms. The van der Waals surface area contributed by atoms with Crippen molar-refractivity contribution in [3.05, 3.63) is 12.2 Å². The third-order valence-electron chi connectivity index (χ3n) is 5.31. The molecule has 0 radical (unpaired) electrons. The second-order valence-corrected chi connectivity index (χ2v) is 8.84. The lowest BCUT2D eigenvalue weighted by molar-refractivity contribution is 0.143. The third-order valence-corrected chi connectivity index (χ3v) is 5.31. The lowest BCUT2D eigenvalue weighted by Crippen LogP contribution is -2.17. The van der Waals surface area contributed by atoms with Gasteiger partial charge in [-0.25, -0.2) is 4.99 Å². The van der Waals surface area contributed by atoms with E-state index in [4.69, 9.17) is 9.47 Å². The second kappa shape index (κ2) is 17.1. The van der Waals surface area contributed by atoms with Crippen molar-refractivity contribution >= 4 is 5.90 Å². The molecule has 0 unspecified atom stereocenters. The molecule has 0 aromatic carbocycles. The highest BCUT2D eigenvalue weighted by Crippen LogP contribution is 2.19. The number of hydrogen-bond donors (Lipinski definition) is 0. The average molecular weight is 394 g/mol. The van der Waals surface area contributed by atoms with Gasteiger partial charge in [-0.2, -0.15) is 0 Å². The molecule has 28 heavy (non-hydrogen) atoms. The Hall–Kier alpha value is -0.830. The van der Waals surface area contributed by atoms with Crippen molar-refractivity contribution in [2.24, 2.45) is 4.99 Å². The molecular formula is C25H47NO2. The van der Waals surface area contributed by atoms with Gasteiger partial charge < -0.3 is 9.47 Å². The molecule has 0 aliphatic carbocycles. The van der Waals surface area contributed by atoms with Crippen LogP contribution in [0.5, 0.6) is 0 Å². The SMILES string of the molecule is CCOCCCCCCCCC/C=C\CCCCCCCC1=NC(C)(C)CO1. The fourth-order valence-electron chi connectivity index (χ4n) is 3.59. The van der Waals surface area contributed by atoms with Gasteiger partial charge in [-0.1, -0.05) is 63.5 Å². The summed E-state index contributed by atoms with van der Waals surface area (Å²) in [6.07, 6.45) is 24.4. The van der Waals surface area contributed by atoms with E-state index < -0.39 is 0 Å². The molecule has 0 saturated heterocycles. The highest BCUT2D eigenvalue weighted by atomic mass is 16.5. The molecular weight excluding hydrogens is 346 g/mol. The maximum Gasteiger partial charge on any atom is 0.183 e. The first-order valence-electron chi connectivity index (χ1n) is 12.1. The first-order valence-corrected chi connectivity index (χ1v) is 12.1. The highest BCUT2D eigenvalue weighted by molar-refractivity contribution is 5.78. The molecule has 3 nitrogen and oxygen atoms in total. The zero-order chi connectivity index (χ0) is 20.3. The van der Waals surface area contributed by atoms with Crippen molar-refractivity contribution in [2.45, 2.75) is 123 Å². The zero-order valence-corrected chi connectivity index (χ0v) is 19.1. The van der Waals surface area contributed by atoms with Crippen molar-refractivity contribution in [1.82, 2.24) is 0 Å².